The van der Waals surface area contributed by atoms with Gasteiger partial charge in [0.25, 0.3) is 0 Å². The molecule has 1 heterocycles. The Hall–Kier alpha value is -1.28. The highest BCUT2D eigenvalue weighted by Crippen LogP contribution is 2.21. The minimum absolute atomic E-state index is 0. The number of aromatic nitrogens is 1. The Kier molecular flexibility index (Phi) is 10.6. The first-order valence-electron chi connectivity index (χ1n) is 8.33. The zero-order chi connectivity index (χ0) is 17.2. The summed E-state index contributed by atoms with van der Waals surface area (Å²) in [4.78, 5) is 10.4. The van der Waals surface area contributed by atoms with Crippen molar-refractivity contribution < 1.29 is 0 Å². The molecular formula is C19H27IN4S. The molecule has 136 valence electrons. The fourth-order valence-electron chi connectivity index (χ4n) is 2.20. The predicted molar refractivity (Wildman–Crippen MR) is 119 cm³/mol. The number of halogens is 1. The van der Waals surface area contributed by atoms with E-state index in [1.54, 1.807) is 0 Å². The molecule has 0 aliphatic carbocycles. The first kappa shape index (κ1) is 21.8. The zero-order valence-corrected chi connectivity index (χ0v) is 18.2. The van der Waals surface area contributed by atoms with Crippen LogP contribution in [0.2, 0.25) is 0 Å². The first-order chi connectivity index (χ1) is 11.7. The van der Waals surface area contributed by atoms with Gasteiger partial charge >= 0.3 is 0 Å². The van der Waals surface area contributed by atoms with Gasteiger partial charge < -0.3 is 10.6 Å². The third-order valence-corrected chi connectivity index (χ3v) is 4.44. The standard InChI is InChI=1S/C19H26N4S.HI/c1-4-20-19(22-14-17-10-8-9-15(2)23-17)21-13-16(3)24-18-11-6-5-7-12-18;/h5-12,16H,4,13-14H2,1-3H3,(H2,20,21,22);1H. The van der Waals surface area contributed by atoms with Gasteiger partial charge in [-0.1, -0.05) is 31.2 Å². The molecule has 0 saturated carbocycles. The quantitative estimate of drug-likeness (QED) is 0.275. The van der Waals surface area contributed by atoms with Crippen LogP contribution in [0.1, 0.15) is 25.2 Å². The molecule has 0 saturated heterocycles. The minimum atomic E-state index is 0. The van der Waals surface area contributed by atoms with E-state index in [1.807, 2.05) is 43.0 Å². The lowest BCUT2D eigenvalue weighted by Crippen LogP contribution is -2.40. The number of hydrogen-bond donors (Lipinski definition) is 2. The molecule has 0 amide bonds. The fraction of sp³-hybridized carbons (Fsp3) is 0.368. The lowest BCUT2D eigenvalue weighted by Gasteiger charge is -2.15. The van der Waals surface area contributed by atoms with Crippen LogP contribution < -0.4 is 10.6 Å². The van der Waals surface area contributed by atoms with Crippen molar-refractivity contribution in [1.82, 2.24) is 15.6 Å². The van der Waals surface area contributed by atoms with Crippen LogP contribution in [0.4, 0.5) is 0 Å². The smallest absolute Gasteiger partial charge is 0.191 e. The second kappa shape index (κ2) is 12.1. The van der Waals surface area contributed by atoms with E-state index in [0.29, 0.717) is 11.8 Å². The van der Waals surface area contributed by atoms with Gasteiger partial charge in [-0.25, -0.2) is 4.99 Å². The number of rotatable bonds is 7. The number of pyridine rings is 1. The Morgan fingerprint density at radius 3 is 2.56 bits per heavy atom. The fourth-order valence-corrected chi connectivity index (χ4v) is 3.15. The van der Waals surface area contributed by atoms with Crippen molar-refractivity contribution >= 4 is 41.7 Å². The van der Waals surface area contributed by atoms with Crippen LogP contribution in [0.5, 0.6) is 0 Å². The number of nitrogens with one attached hydrogen (secondary N) is 2. The van der Waals surface area contributed by atoms with Gasteiger partial charge in [0.2, 0.25) is 0 Å². The van der Waals surface area contributed by atoms with E-state index in [-0.39, 0.29) is 24.0 Å². The molecule has 2 rings (SSSR count). The van der Waals surface area contributed by atoms with Crippen LogP contribution in [0.15, 0.2) is 58.4 Å². The maximum Gasteiger partial charge on any atom is 0.191 e. The monoisotopic (exact) mass is 470 g/mol. The largest absolute Gasteiger partial charge is 0.357 e. The third-order valence-electron chi connectivity index (χ3n) is 3.33. The van der Waals surface area contributed by atoms with Crippen LogP contribution >= 0.6 is 35.7 Å². The summed E-state index contributed by atoms with van der Waals surface area (Å²) in [6, 6.07) is 16.5. The molecule has 2 aromatic rings. The molecule has 6 heteroatoms. The van der Waals surface area contributed by atoms with Crippen molar-refractivity contribution in [1.29, 1.82) is 0 Å². The molecule has 1 aromatic carbocycles. The molecule has 0 radical (unpaired) electrons. The predicted octanol–water partition coefficient (Wildman–Crippen LogP) is 4.24. The van der Waals surface area contributed by atoms with Gasteiger partial charge in [-0.15, -0.1) is 35.7 Å². The van der Waals surface area contributed by atoms with E-state index < -0.39 is 0 Å². The Balaban J connectivity index is 0.00000312. The van der Waals surface area contributed by atoms with Crippen molar-refractivity contribution in [3.8, 4) is 0 Å². The second-order valence-corrected chi connectivity index (χ2v) is 7.10. The van der Waals surface area contributed by atoms with E-state index in [2.05, 4.69) is 58.7 Å². The summed E-state index contributed by atoms with van der Waals surface area (Å²) in [6.45, 7) is 8.57. The number of thioether (sulfide) groups is 1. The minimum Gasteiger partial charge on any atom is -0.357 e. The molecule has 4 nitrogen and oxygen atoms in total. The van der Waals surface area contributed by atoms with E-state index in [0.717, 1.165) is 30.4 Å². The van der Waals surface area contributed by atoms with Crippen molar-refractivity contribution in [3.63, 3.8) is 0 Å². The Labute approximate surface area is 172 Å². The summed E-state index contributed by atoms with van der Waals surface area (Å²) < 4.78 is 0. The highest BCUT2D eigenvalue weighted by atomic mass is 127. The molecular weight excluding hydrogens is 443 g/mol. The normalized spacial score (nSPS) is 12.2. The van der Waals surface area contributed by atoms with Gasteiger partial charge in [-0.2, -0.15) is 0 Å². The molecule has 0 aliphatic rings. The summed E-state index contributed by atoms with van der Waals surface area (Å²) in [7, 11) is 0. The van der Waals surface area contributed by atoms with Crippen molar-refractivity contribution in [2.75, 3.05) is 13.1 Å². The Bertz CT molecular complexity index is 649. The molecule has 0 spiro atoms. The molecule has 2 N–H and O–H groups in total. The van der Waals surface area contributed by atoms with Gasteiger partial charge in [0, 0.05) is 28.9 Å². The molecule has 1 aromatic heterocycles. The van der Waals surface area contributed by atoms with E-state index in [4.69, 9.17) is 0 Å². The molecule has 0 fully saturated rings. The highest BCUT2D eigenvalue weighted by molar-refractivity contribution is 14.0. The van der Waals surface area contributed by atoms with E-state index in [9.17, 15) is 0 Å². The van der Waals surface area contributed by atoms with Crippen LogP contribution in [0, 0.1) is 6.92 Å². The van der Waals surface area contributed by atoms with Crippen molar-refractivity contribution in [2.24, 2.45) is 4.99 Å². The summed E-state index contributed by atoms with van der Waals surface area (Å²) in [5, 5.41) is 7.16. The van der Waals surface area contributed by atoms with Crippen molar-refractivity contribution in [2.45, 2.75) is 37.5 Å². The molecule has 0 bridgehead atoms. The Morgan fingerprint density at radius 2 is 1.88 bits per heavy atom. The van der Waals surface area contributed by atoms with Gasteiger partial charge in [-0.05, 0) is 38.1 Å². The number of hydrogen-bond acceptors (Lipinski definition) is 3. The molecule has 25 heavy (non-hydrogen) atoms. The van der Waals surface area contributed by atoms with Gasteiger partial charge in [-0.3, -0.25) is 4.98 Å². The number of guanidine groups is 1. The van der Waals surface area contributed by atoms with Crippen LogP contribution in [-0.4, -0.2) is 29.3 Å². The Morgan fingerprint density at radius 1 is 1.12 bits per heavy atom. The first-order valence-corrected chi connectivity index (χ1v) is 9.21. The average Bonchev–Trinajstić information content (AvgIpc) is 2.58. The van der Waals surface area contributed by atoms with Gasteiger partial charge in [0.1, 0.15) is 0 Å². The van der Waals surface area contributed by atoms with Gasteiger partial charge in [0.05, 0.1) is 12.2 Å². The van der Waals surface area contributed by atoms with Crippen LogP contribution in [0.25, 0.3) is 0 Å². The maximum atomic E-state index is 4.63. The third kappa shape index (κ3) is 8.58. The SMILES string of the molecule is CCNC(=NCc1cccc(C)n1)NCC(C)Sc1ccccc1.I. The second-order valence-electron chi connectivity index (χ2n) is 5.59. The topological polar surface area (TPSA) is 49.3 Å². The number of nitrogens with zero attached hydrogens (tertiary/aromatic N) is 2. The van der Waals surface area contributed by atoms with Crippen molar-refractivity contribution in [3.05, 3.63) is 59.9 Å². The number of benzene rings is 1. The summed E-state index contributed by atoms with van der Waals surface area (Å²) in [5.41, 5.74) is 2.01. The van der Waals surface area contributed by atoms with Crippen LogP contribution in [-0.2, 0) is 6.54 Å². The van der Waals surface area contributed by atoms with E-state index in [1.165, 1.54) is 4.90 Å². The zero-order valence-electron chi connectivity index (χ0n) is 15.0. The average molecular weight is 470 g/mol. The summed E-state index contributed by atoms with van der Waals surface area (Å²) in [5.74, 6) is 0.835. The number of aryl methyl sites for hydroxylation is 1. The molecule has 0 aliphatic heterocycles. The summed E-state index contributed by atoms with van der Waals surface area (Å²) in [6.07, 6.45) is 0. The van der Waals surface area contributed by atoms with Gasteiger partial charge in [0.15, 0.2) is 5.96 Å². The van der Waals surface area contributed by atoms with E-state index >= 15 is 0 Å². The molecule has 1 atom stereocenters. The number of aliphatic imine (C=N–C) groups is 1. The summed E-state index contributed by atoms with van der Waals surface area (Å²) >= 11 is 1.86. The molecule has 1 unspecified atom stereocenters. The van der Waals surface area contributed by atoms with Crippen LogP contribution in [0.3, 0.4) is 0 Å². The highest BCUT2D eigenvalue weighted by Gasteiger charge is 2.06. The lowest BCUT2D eigenvalue weighted by molar-refractivity contribution is 0.791. The maximum absolute atomic E-state index is 4.63. The lowest BCUT2D eigenvalue weighted by atomic mass is 10.3.